The molecule has 0 aliphatic heterocycles. The first-order valence-corrected chi connectivity index (χ1v) is 2.85. The normalized spacial score (nSPS) is 4.75. The summed E-state index contributed by atoms with van der Waals surface area (Å²) in [5.41, 5.74) is 0. The first-order valence-electron chi connectivity index (χ1n) is 1.59. The summed E-state index contributed by atoms with van der Waals surface area (Å²) in [5, 5.41) is 0. The zero-order chi connectivity index (χ0) is 4.83. The van der Waals surface area contributed by atoms with E-state index in [0.717, 1.165) is 0 Å². The maximum absolute atomic E-state index is 3.85. The van der Waals surface area contributed by atoms with E-state index in [-0.39, 0.29) is 37.7 Å². The molecule has 0 radical (unpaired) electrons. The Labute approximate surface area is 85.7 Å². The molecule has 0 fully saturated rings. The van der Waals surface area contributed by atoms with E-state index in [0.29, 0.717) is 11.5 Å². The summed E-state index contributed by atoms with van der Waals surface area (Å²) < 4.78 is 0. The van der Waals surface area contributed by atoms with Crippen LogP contribution in [-0.4, -0.2) is 49.2 Å². The van der Waals surface area contributed by atoms with Gasteiger partial charge in [0, 0.05) is 0 Å². The molecular formula is C4H8Li2S2. The summed E-state index contributed by atoms with van der Waals surface area (Å²) in [4.78, 5) is 0. The van der Waals surface area contributed by atoms with Gasteiger partial charge >= 0.3 is 37.7 Å². The predicted molar refractivity (Wildman–Crippen MR) is 49.8 cm³/mol. The SMILES string of the molecule is SCC#CCS.[LiH].[LiH]. The Hall–Kier alpha value is 1.45. The number of rotatable bonds is 0. The van der Waals surface area contributed by atoms with Crippen LogP contribution in [0.1, 0.15) is 0 Å². The van der Waals surface area contributed by atoms with E-state index in [9.17, 15) is 0 Å². The van der Waals surface area contributed by atoms with Gasteiger partial charge in [0.2, 0.25) is 0 Å². The summed E-state index contributed by atoms with van der Waals surface area (Å²) in [5.74, 6) is 6.75. The van der Waals surface area contributed by atoms with Crippen LogP contribution in [0.4, 0.5) is 0 Å². The molecule has 0 amide bonds. The van der Waals surface area contributed by atoms with E-state index >= 15 is 0 Å². The van der Waals surface area contributed by atoms with Gasteiger partial charge in [0.25, 0.3) is 0 Å². The van der Waals surface area contributed by atoms with E-state index in [2.05, 4.69) is 37.1 Å². The van der Waals surface area contributed by atoms with Crippen molar-refractivity contribution in [3.63, 3.8) is 0 Å². The van der Waals surface area contributed by atoms with Gasteiger partial charge in [-0.15, -0.1) is 0 Å². The predicted octanol–water partition coefficient (Wildman–Crippen LogP) is -0.448. The van der Waals surface area contributed by atoms with Crippen molar-refractivity contribution in [2.75, 3.05) is 11.5 Å². The molecule has 0 aromatic carbocycles. The van der Waals surface area contributed by atoms with Crippen LogP contribution in [0.3, 0.4) is 0 Å². The van der Waals surface area contributed by atoms with E-state index in [1.807, 2.05) is 0 Å². The molecule has 38 valence electrons. The van der Waals surface area contributed by atoms with Crippen LogP contribution in [0, 0.1) is 11.8 Å². The van der Waals surface area contributed by atoms with Gasteiger partial charge in [-0.2, -0.15) is 25.3 Å². The molecule has 0 aliphatic rings. The Morgan fingerprint density at radius 1 is 0.875 bits per heavy atom. The summed E-state index contributed by atoms with van der Waals surface area (Å²) in [6.07, 6.45) is 0. The standard InChI is InChI=1S/C4H6S2.2Li.2H/c5-3-1-2-4-6;;;;/h5-6H,3-4H2;;;;. The minimum atomic E-state index is 0. The first kappa shape index (κ1) is 16.2. The van der Waals surface area contributed by atoms with Gasteiger partial charge in [-0.1, -0.05) is 11.8 Å². The fourth-order valence-electron chi connectivity index (χ4n) is 0.112. The van der Waals surface area contributed by atoms with E-state index in [1.165, 1.54) is 0 Å². The van der Waals surface area contributed by atoms with E-state index in [1.54, 1.807) is 0 Å². The van der Waals surface area contributed by atoms with Crippen molar-refractivity contribution in [1.29, 1.82) is 0 Å². The third kappa shape index (κ3) is 15.7. The molecule has 0 aromatic rings. The van der Waals surface area contributed by atoms with Crippen molar-refractivity contribution >= 4 is 63.0 Å². The van der Waals surface area contributed by atoms with Crippen LogP contribution >= 0.6 is 25.3 Å². The van der Waals surface area contributed by atoms with Crippen molar-refractivity contribution in [3.8, 4) is 11.8 Å². The van der Waals surface area contributed by atoms with Gasteiger partial charge in [-0.25, -0.2) is 0 Å². The second kappa shape index (κ2) is 15.8. The number of hydrogen-bond donors (Lipinski definition) is 2. The van der Waals surface area contributed by atoms with Crippen molar-refractivity contribution in [2.24, 2.45) is 0 Å². The quantitative estimate of drug-likeness (QED) is 0.250. The molecule has 4 heteroatoms. The third-order valence-corrected chi connectivity index (χ3v) is 0.599. The van der Waals surface area contributed by atoms with Crippen molar-refractivity contribution < 1.29 is 0 Å². The Kier molecular flexibility index (Phi) is 32.0. The molecule has 0 spiro atoms. The average molecular weight is 134 g/mol. The summed E-state index contributed by atoms with van der Waals surface area (Å²) >= 11 is 7.69. The van der Waals surface area contributed by atoms with Crippen LogP contribution < -0.4 is 0 Å². The molecule has 0 bridgehead atoms. The Bertz CT molecular complexity index is 65.8. The zero-order valence-electron chi connectivity index (χ0n) is 3.31. The van der Waals surface area contributed by atoms with Crippen LogP contribution in [0.2, 0.25) is 0 Å². The third-order valence-electron chi connectivity index (χ3n) is 0.283. The molecule has 0 nitrogen and oxygen atoms in total. The van der Waals surface area contributed by atoms with Gasteiger partial charge in [0.15, 0.2) is 0 Å². The zero-order valence-corrected chi connectivity index (χ0v) is 5.10. The minimum absolute atomic E-state index is 0. The first-order chi connectivity index (χ1) is 2.91. The number of hydrogen-bond acceptors (Lipinski definition) is 2. The van der Waals surface area contributed by atoms with Gasteiger partial charge in [0.05, 0.1) is 11.5 Å². The maximum atomic E-state index is 3.85. The Balaban J connectivity index is -0.000000125. The van der Waals surface area contributed by atoms with Crippen LogP contribution in [0.15, 0.2) is 0 Å². The molecule has 0 unspecified atom stereocenters. The van der Waals surface area contributed by atoms with Gasteiger partial charge in [-0.3, -0.25) is 0 Å². The summed E-state index contributed by atoms with van der Waals surface area (Å²) in [6.45, 7) is 0. The molecule has 0 N–H and O–H groups in total. The monoisotopic (exact) mass is 134 g/mol. The summed E-state index contributed by atoms with van der Waals surface area (Å²) in [7, 11) is 0. The molecule has 0 saturated carbocycles. The van der Waals surface area contributed by atoms with Crippen molar-refractivity contribution in [1.82, 2.24) is 0 Å². The molecule has 0 aromatic heterocycles. The van der Waals surface area contributed by atoms with Crippen LogP contribution in [-0.2, 0) is 0 Å². The number of thiol groups is 2. The van der Waals surface area contributed by atoms with Gasteiger partial charge < -0.3 is 0 Å². The second-order valence-electron chi connectivity index (χ2n) is 0.670. The van der Waals surface area contributed by atoms with Gasteiger partial charge in [-0.05, 0) is 0 Å². The second-order valence-corrected chi connectivity index (χ2v) is 1.30. The molecule has 0 atom stereocenters. The Morgan fingerprint density at radius 3 is 1.25 bits per heavy atom. The average Bonchev–Trinajstić information content (AvgIpc) is 1.61. The molecule has 8 heavy (non-hydrogen) atoms. The van der Waals surface area contributed by atoms with Crippen molar-refractivity contribution in [2.45, 2.75) is 0 Å². The molecule has 0 rings (SSSR count). The van der Waals surface area contributed by atoms with Gasteiger partial charge in [0.1, 0.15) is 0 Å². The molecule has 0 heterocycles. The molecule has 0 aliphatic carbocycles. The van der Waals surface area contributed by atoms with Crippen LogP contribution in [0.25, 0.3) is 0 Å². The summed E-state index contributed by atoms with van der Waals surface area (Å²) in [6, 6.07) is 0. The van der Waals surface area contributed by atoms with Crippen molar-refractivity contribution in [3.05, 3.63) is 0 Å². The fraction of sp³-hybridized carbons (Fsp3) is 0.500. The van der Waals surface area contributed by atoms with E-state index in [4.69, 9.17) is 0 Å². The van der Waals surface area contributed by atoms with Crippen LogP contribution in [0.5, 0.6) is 0 Å². The molecule has 0 saturated heterocycles. The molecular weight excluding hydrogens is 126 g/mol. The topological polar surface area (TPSA) is 0 Å². The fourth-order valence-corrected chi connectivity index (χ4v) is 0.335. The van der Waals surface area contributed by atoms with E-state index < -0.39 is 0 Å². The Morgan fingerprint density at radius 2 is 1.12 bits per heavy atom.